The number of methoxy groups -OCH3 is 2. The van der Waals surface area contributed by atoms with Crippen molar-refractivity contribution in [3.05, 3.63) is 47.2 Å². The van der Waals surface area contributed by atoms with Crippen LogP contribution in [0.4, 0.5) is 0 Å². The lowest BCUT2D eigenvalue weighted by Gasteiger charge is -2.11. The number of carbonyl (C=O) groups is 1. The molecule has 1 N–H and O–H groups in total. The van der Waals surface area contributed by atoms with Crippen LogP contribution in [-0.2, 0) is 17.8 Å². The monoisotopic (exact) mass is 359 g/mol. The zero-order valence-electron chi connectivity index (χ0n) is 13.8. The molecule has 1 amide bonds. The molecule has 0 radical (unpaired) electrons. The van der Waals surface area contributed by atoms with E-state index in [1.807, 2.05) is 23.6 Å². The van der Waals surface area contributed by atoms with Crippen LogP contribution in [0.25, 0.3) is 10.8 Å². The molecule has 0 fully saturated rings. The molecule has 2 heterocycles. The largest absolute Gasteiger partial charge is 0.497 e. The van der Waals surface area contributed by atoms with Crippen molar-refractivity contribution in [2.45, 2.75) is 13.0 Å². The fourth-order valence-corrected chi connectivity index (χ4v) is 2.88. The molecule has 3 rings (SSSR count). The number of hydrogen-bond acceptors (Lipinski definition) is 7. The van der Waals surface area contributed by atoms with Crippen molar-refractivity contribution in [3.63, 3.8) is 0 Å². The summed E-state index contributed by atoms with van der Waals surface area (Å²) in [4.78, 5) is 13.0. The van der Waals surface area contributed by atoms with E-state index in [0.29, 0.717) is 23.9 Å². The van der Waals surface area contributed by atoms with E-state index >= 15 is 0 Å². The molecule has 25 heavy (non-hydrogen) atoms. The number of amides is 1. The third-order valence-electron chi connectivity index (χ3n) is 3.47. The summed E-state index contributed by atoms with van der Waals surface area (Å²) in [7, 11) is 3.17. The second-order valence-corrected chi connectivity index (χ2v) is 6.06. The fourth-order valence-electron chi connectivity index (χ4n) is 2.24. The van der Waals surface area contributed by atoms with Crippen molar-refractivity contribution < 1.29 is 18.7 Å². The summed E-state index contributed by atoms with van der Waals surface area (Å²) >= 11 is 1.50. The van der Waals surface area contributed by atoms with Crippen molar-refractivity contribution in [2.75, 3.05) is 14.2 Å². The maximum atomic E-state index is 12.1. The summed E-state index contributed by atoms with van der Waals surface area (Å²) in [5.41, 5.74) is 0.819. The van der Waals surface area contributed by atoms with Crippen molar-refractivity contribution in [3.8, 4) is 22.3 Å². The van der Waals surface area contributed by atoms with E-state index in [1.165, 1.54) is 11.3 Å². The van der Waals surface area contributed by atoms with Gasteiger partial charge in [-0.3, -0.25) is 4.79 Å². The Morgan fingerprint density at radius 3 is 2.84 bits per heavy atom. The summed E-state index contributed by atoms with van der Waals surface area (Å²) in [6.07, 6.45) is 0.0185. The number of nitrogens with one attached hydrogen (secondary N) is 1. The van der Waals surface area contributed by atoms with Gasteiger partial charge in [0.1, 0.15) is 17.9 Å². The molecular formula is C17H17N3O4S. The van der Waals surface area contributed by atoms with E-state index in [0.717, 1.165) is 10.4 Å². The van der Waals surface area contributed by atoms with Crippen LogP contribution in [0.3, 0.4) is 0 Å². The topological polar surface area (TPSA) is 86.5 Å². The van der Waals surface area contributed by atoms with Crippen molar-refractivity contribution in [1.82, 2.24) is 15.5 Å². The van der Waals surface area contributed by atoms with Gasteiger partial charge >= 0.3 is 0 Å². The van der Waals surface area contributed by atoms with Gasteiger partial charge in [-0.05, 0) is 29.6 Å². The molecule has 0 unspecified atom stereocenters. The molecular weight excluding hydrogens is 342 g/mol. The number of rotatable bonds is 7. The Morgan fingerprint density at radius 1 is 1.24 bits per heavy atom. The smallest absolute Gasteiger partial charge is 0.257 e. The number of nitrogens with zero attached hydrogens (tertiary/aromatic N) is 2. The van der Waals surface area contributed by atoms with E-state index in [4.69, 9.17) is 13.9 Å². The van der Waals surface area contributed by atoms with E-state index < -0.39 is 0 Å². The molecule has 0 bridgehead atoms. The Kier molecular flexibility index (Phi) is 5.30. The molecule has 0 aliphatic heterocycles. The van der Waals surface area contributed by atoms with Crippen LogP contribution in [0.1, 0.15) is 11.5 Å². The Labute approximate surface area is 148 Å². The molecule has 0 aliphatic rings. The normalized spacial score (nSPS) is 10.5. The minimum absolute atomic E-state index is 0.0185. The van der Waals surface area contributed by atoms with E-state index in [2.05, 4.69) is 15.5 Å². The van der Waals surface area contributed by atoms with Gasteiger partial charge in [0.05, 0.1) is 19.1 Å². The SMILES string of the molecule is COc1ccc(OC)c(CNC(=O)Cc2nnc(-c3cccs3)o2)c1. The molecule has 8 heteroatoms. The summed E-state index contributed by atoms with van der Waals surface area (Å²) in [6.45, 7) is 0.311. The Morgan fingerprint density at radius 2 is 2.12 bits per heavy atom. The van der Waals surface area contributed by atoms with Gasteiger partial charge in [0.2, 0.25) is 11.8 Å². The standard InChI is InChI=1S/C17H17N3O4S/c1-22-12-5-6-13(23-2)11(8-12)10-18-15(21)9-16-19-20-17(24-16)14-4-3-7-25-14/h3-8H,9-10H2,1-2H3,(H,18,21). The number of aromatic nitrogens is 2. The van der Waals surface area contributed by atoms with E-state index in [9.17, 15) is 4.79 Å². The maximum absolute atomic E-state index is 12.1. The van der Waals surface area contributed by atoms with Gasteiger partial charge in [-0.2, -0.15) is 0 Å². The average Bonchev–Trinajstić information content (AvgIpc) is 3.31. The molecule has 130 valence electrons. The lowest BCUT2D eigenvalue weighted by atomic mass is 10.2. The summed E-state index contributed by atoms with van der Waals surface area (Å²) < 4.78 is 16.0. The van der Waals surface area contributed by atoms with Crippen LogP contribution in [0.5, 0.6) is 11.5 Å². The van der Waals surface area contributed by atoms with E-state index in [-0.39, 0.29) is 18.2 Å². The molecule has 0 atom stereocenters. The Bertz CT molecular complexity index is 845. The summed E-state index contributed by atoms with van der Waals surface area (Å²) in [5, 5.41) is 12.6. The van der Waals surface area contributed by atoms with Crippen LogP contribution >= 0.6 is 11.3 Å². The van der Waals surface area contributed by atoms with Gasteiger partial charge in [0.15, 0.2) is 0 Å². The van der Waals surface area contributed by atoms with Crippen LogP contribution in [0.2, 0.25) is 0 Å². The van der Waals surface area contributed by atoms with Crippen LogP contribution in [-0.4, -0.2) is 30.3 Å². The van der Waals surface area contributed by atoms with Crippen LogP contribution < -0.4 is 14.8 Å². The number of ether oxygens (including phenoxy) is 2. The number of carbonyl (C=O) groups excluding carboxylic acids is 1. The van der Waals surface area contributed by atoms with Crippen molar-refractivity contribution in [1.29, 1.82) is 0 Å². The lowest BCUT2D eigenvalue weighted by molar-refractivity contribution is -0.120. The molecule has 0 saturated carbocycles. The highest BCUT2D eigenvalue weighted by Gasteiger charge is 2.13. The predicted octanol–water partition coefficient (Wildman–Crippen LogP) is 2.67. The van der Waals surface area contributed by atoms with Crippen molar-refractivity contribution in [2.24, 2.45) is 0 Å². The predicted molar refractivity (Wildman–Crippen MR) is 92.7 cm³/mol. The van der Waals surface area contributed by atoms with Gasteiger partial charge in [0.25, 0.3) is 5.89 Å². The second-order valence-electron chi connectivity index (χ2n) is 5.11. The first-order chi connectivity index (χ1) is 12.2. The summed E-state index contributed by atoms with van der Waals surface area (Å²) in [5.74, 6) is 1.86. The highest BCUT2D eigenvalue weighted by Crippen LogP contribution is 2.24. The molecule has 1 aromatic carbocycles. The number of benzene rings is 1. The first-order valence-corrected chi connectivity index (χ1v) is 8.41. The van der Waals surface area contributed by atoms with Gasteiger partial charge < -0.3 is 19.2 Å². The Hall–Kier alpha value is -2.87. The minimum atomic E-state index is -0.216. The van der Waals surface area contributed by atoms with Gasteiger partial charge in [-0.25, -0.2) is 0 Å². The molecule has 0 spiro atoms. The average molecular weight is 359 g/mol. The van der Waals surface area contributed by atoms with Crippen LogP contribution in [0, 0.1) is 0 Å². The third-order valence-corrected chi connectivity index (χ3v) is 4.33. The van der Waals surface area contributed by atoms with E-state index in [1.54, 1.807) is 26.4 Å². The zero-order valence-corrected chi connectivity index (χ0v) is 14.6. The molecule has 2 aromatic heterocycles. The molecule has 3 aromatic rings. The quantitative estimate of drug-likeness (QED) is 0.698. The highest BCUT2D eigenvalue weighted by molar-refractivity contribution is 7.13. The molecule has 7 nitrogen and oxygen atoms in total. The molecule has 0 saturated heterocycles. The first-order valence-electron chi connectivity index (χ1n) is 7.53. The zero-order chi connectivity index (χ0) is 17.6. The van der Waals surface area contributed by atoms with Gasteiger partial charge in [0, 0.05) is 12.1 Å². The second kappa shape index (κ2) is 7.80. The van der Waals surface area contributed by atoms with Gasteiger partial charge in [-0.1, -0.05) is 6.07 Å². The number of thiophene rings is 1. The van der Waals surface area contributed by atoms with Crippen molar-refractivity contribution >= 4 is 17.2 Å². The number of hydrogen-bond donors (Lipinski definition) is 1. The fraction of sp³-hybridized carbons (Fsp3) is 0.235. The summed E-state index contributed by atoms with van der Waals surface area (Å²) in [6, 6.07) is 9.20. The molecule has 0 aliphatic carbocycles. The maximum Gasteiger partial charge on any atom is 0.257 e. The van der Waals surface area contributed by atoms with Gasteiger partial charge in [-0.15, -0.1) is 21.5 Å². The first kappa shape index (κ1) is 17.0. The minimum Gasteiger partial charge on any atom is -0.497 e. The third kappa shape index (κ3) is 4.16. The highest BCUT2D eigenvalue weighted by atomic mass is 32.1. The van der Waals surface area contributed by atoms with Crippen LogP contribution in [0.15, 0.2) is 40.1 Å². The lowest BCUT2D eigenvalue weighted by Crippen LogP contribution is -2.25. The Balaban J connectivity index is 1.60.